The molecular formula is C14H13ClFNO3S. The molecule has 0 aliphatic rings. The zero-order valence-electron chi connectivity index (χ0n) is 11.4. The standard InChI is InChI=1S/C14H13ClFNO3S/c1-9-3-4-10(15)7-12(9)17-21(18,19)14-8-11(16)5-6-13(14)20-2/h3-8,17H,1-2H3. The van der Waals surface area contributed by atoms with Crippen LogP contribution in [-0.2, 0) is 10.0 Å². The van der Waals surface area contributed by atoms with Crippen LogP contribution in [0.4, 0.5) is 10.1 Å². The molecule has 0 aliphatic carbocycles. The average molecular weight is 330 g/mol. The highest BCUT2D eigenvalue weighted by atomic mass is 35.5. The normalized spacial score (nSPS) is 11.2. The SMILES string of the molecule is COc1ccc(F)cc1S(=O)(=O)Nc1cc(Cl)ccc1C. The van der Waals surface area contributed by atoms with Crippen molar-refractivity contribution in [2.75, 3.05) is 11.8 Å². The first-order valence-corrected chi connectivity index (χ1v) is 7.82. The second-order valence-corrected chi connectivity index (χ2v) is 6.45. The Hall–Kier alpha value is -1.79. The number of anilines is 1. The van der Waals surface area contributed by atoms with E-state index in [0.29, 0.717) is 16.3 Å². The maximum Gasteiger partial charge on any atom is 0.265 e. The Morgan fingerprint density at radius 2 is 1.90 bits per heavy atom. The Kier molecular flexibility index (Phi) is 4.39. The highest BCUT2D eigenvalue weighted by Crippen LogP contribution is 2.28. The van der Waals surface area contributed by atoms with Crippen LogP contribution >= 0.6 is 11.6 Å². The fourth-order valence-corrected chi connectivity index (χ4v) is 3.24. The monoisotopic (exact) mass is 329 g/mol. The smallest absolute Gasteiger partial charge is 0.265 e. The van der Waals surface area contributed by atoms with E-state index in [1.807, 2.05) is 0 Å². The molecule has 112 valence electrons. The zero-order valence-corrected chi connectivity index (χ0v) is 12.9. The van der Waals surface area contributed by atoms with Crippen molar-refractivity contribution in [1.29, 1.82) is 0 Å². The fraction of sp³-hybridized carbons (Fsp3) is 0.143. The van der Waals surface area contributed by atoms with Gasteiger partial charge < -0.3 is 4.74 Å². The highest BCUT2D eigenvalue weighted by Gasteiger charge is 2.21. The van der Waals surface area contributed by atoms with E-state index in [1.54, 1.807) is 19.1 Å². The van der Waals surface area contributed by atoms with Gasteiger partial charge in [0.15, 0.2) is 0 Å². The van der Waals surface area contributed by atoms with Crippen LogP contribution in [0.25, 0.3) is 0 Å². The van der Waals surface area contributed by atoms with E-state index in [2.05, 4.69) is 4.72 Å². The van der Waals surface area contributed by atoms with Crippen molar-refractivity contribution in [3.8, 4) is 5.75 Å². The van der Waals surface area contributed by atoms with Gasteiger partial charge in [0.25, 0.3) is 10.0 Å². The van der Waals surface area contributed by atoms with E-state index < -0.39 is 15.8 Å². The van der Waals surface area contributed by atoms with Crippen molar-refractivity contribution in [2.24, 2.45) is 0 Å². The summed E-state index contributed by atoms with van der Waals surface area (Å²) in [5.74, 6) is -0.609. The van der Waals surface area contributed by atoms with E-state index in [1.165, 1.54) is 19.2 Å². The molecule has 7 heteroatoms. The molecule has 2 aromatic rings. The third-order valence-corrected chi connectivity index (χ3v) is 4.48. The molecule has 0 aliphatic heterocycles. The molecule has 0 saturated carbocycles. The summed E-state index contributed by atoms with van der Waals surface area (Å²) in [6.45, 7) is 1.73. The van der Waals surface area contributed by atoms with Crippen molar-refractivity contribution < 1.29 is 17.5 Å². The fourth-order valence-electron chi connectivity index (χ4n) is 1.76. The molecule has 0 fully saturated rings. The van der Waals surface area contributed by atoms with Crippen molar-refractivity contribution in [3.63, 3.8) is 0 Å². The van der Waals surface area contributed by atoms with Crippen molar-refractivity contribution >= 4 is 27.3 Å². The largest absolute Gasteiger partial charge is 0.495 e. The minimum atomic E-state index is -3.99. The van der Waals surface area contributed by atoms with Crippen LogP contribution < -0.4 is 9.46 Å². The van der Waals surface area contributed by atoms with Crippen LogP contribution in [0, 0.1) is 12.7 Å². The van der Waals surface area contributed by atoms with Gasteiger partial charge >= 0.3 is 0 Å². The summed E-state index contributed by atoms with van der Waals surface area (Å²) in [5, 5.41) is 0.393. The van der Waals surface area contributed by atoms with Gasteiger partial charge in [-0.05, 0) is 42.8 Å². The minimum Gasteiger partial charge on any atom is -0.495 e. The summed E-state index contributed by atoms with van der Waals surface area (Å²) in [5.41, 5.74) is 1.02. The first-order valence-electron chi connectivity index (χ1n) is 5.96. The minimum absolute atomic E-state index is 0.0589. The zero-order chi connectivity index (χ0) is 15.6. The molecule has 0 amide bonds. The number of benzene rings is 2. The molecule has 0 radical (unpaired) electrons. The third kappa shape index (κ3) is 3.46. The van der Waals surface area contributed by atoms with Crippen LogP contribution in [0.5, 0.6) is 5.75 Å². The molecular weight excluding hydrogens is 317 g/mol. The number of hydrogen-bond acceptors (Lipinski definition) is 3. The average Bonchev–Trinajstić information content (AvgIpc) is 2.42. The van der Waals surface area contributed by atoms with Crippen LogP contribution in [0.15, 0.2) is 41.3 Å². The molecule has 0 spiro atoms. The molecule has 2 rings (SSSR count). The second-order valence-electron chi connectivity index (χ2n) is 4.36. The Morgan fingerprint density at radius 3 is 2.57 bits per heavy atom. The summed E-state index contributed by atoms with van der Waals surface area (Å²) in [7, 11) is -2.68. The molecule has 1 N–H and O–H groups in total. The van der Waals surface area contributed by atoms with Crippen molar-refractivity contribution in [3.05, 3.63) is 52.8 Å². The molecule has 0 saturated heterocycles. The number of aryl methyl sites for hydroxylation is 1. The Morgan fingerprint density at radius 1 is 1.19 bits per heavy atom. The quantitative estimate of drug-likeness (QED) is 0.932. The van der Waals surface area contributed by atoms with Gasteiger partial charge in [-0.3, -0.25) is 4.72 Å². The molecule has 2 aromatic carbocycles. The molecule has 4 nitrogen and oxygen atoms in total. The maximum atomic E-state index is 13.3. The lowest BCUT2D eigenvalue weighted by Gasteiger charge is -2.13. The molecule has 0 atom stereocenters. The van der Waals surface area contributed by atoms with E-state index >= 15 is 0 Å². The van der Waals surface area contributed by atoms with Crippen molar-refractivity contribution in [1.82, 2.24) is 0 Å². The van der Waals surface area contributed by atoms with E-state index in [0.717, 1.165) is 12.1 Å². The summed E-state index contributed by atoms with van der Waals surface area (Å²) in [4.78, 5) is -0.274. The lowest BCUT2D eigenvalue weighted by atomic mass is 10.2. The van der Waals surface area contributed by atoms with Crippen molar-refractivity contribution in [2.45, 2.75) is 11.8 Å². The lowest BCUT2D eigenvalue weighted by molar-refractivity contribution is 0.401. The molecule has 0 heterocycles. The molecule has 0 unspecified atom stereocenters. The third-order valence-electron chi connectivity index (χ3n) is 2.86. The number of hydrogen-bond donors (Lipinski definition) is 1. The number of nitrogens with one attached hydrogen (secondary N) is 1. The molecule has 21 heavy (non-hydrogen) atoms. The van der Waals surface area contributed by atoms with Gasteiger partial charge in [0.05, 0.1) is 12.8 Å². The number of rotatable bonds is 4. The number of halogens is 2. The molecule has 0 aromatic heterocycles. The van der Waals surface area contributed by atoms with E-state index in [9.17, 15) is 12.8 Å². The van der Waals surface area contributed by atoms with E-state index in [4.69, 9.17) is 16.3 Å². The predicted molar refractivity (Wildman–Crippen MR) is 79.9 cm³/mol. The number of methoxy groups -OCH3 is 1. The highest BCUT2D eigenvalue weighted by molar-refractivity contribution is 7.92. The Balaban J connectivity index is 2.48. The molecule has 0 bridgehead atoms. The van der Waals surface area contributed by atoms with Gasteiger partial charge in [0, 0.05) is 5.02 Å². The van der Waals surface area contributed by atoms with Gasteiger partial charge in [-0.15, -0.1) is 0 Å². The predicted octanol–water partition coefficient (Wildman–Crippen LogP) is 3.60. The first-order chi connectivity index (χ1) is 9.83. The van der Waals surface area contributed by atoms with Gasteiger partial charge in [-0.2, -0.15) is 0 Å². The Labute approximate surface area is 127 Å². The van der Waals surface area contributed by atoms with Gasteiger partial charge in [0.2, 0.25) is 0 Å². The van der Waals surface area contributed by atoms with Crippen LogP contribution in [0.3, 0.4) is 0 Å². The second kappa shape index (κ2) is 5.91. The summed E-state index contributed by atoms with van der Waals surface area (Å²) in [6.07, 6.45) is 0. The first kappa shape index (κ1) is 15.6. The lowest BCUT2D eigenvalue weighted by Crippen LogP contribution is -2.15. The number of ether oxygens (including phenoxy) is 1. The van der Waals surface area contributed by atoms with E-state index in [-0.39, 0.29) is 10.6 Å². The number of sulfonamides is 1. The Bertz CT molecular complexity index is 778. The van der Waals surface area contributed by atoms with Gasteiger partial charge in [0.1, 0.15) is 16.5 Å². The summed E-state index contributed by atoms with van der Waals surface area (Å²) < 4.78 is 45.5. The van der Waals surface area contributed by atoms with Crippen LogP contribution in [-0.4, -0.2) is 15.5 Å². The van der Waals surface area contributed by atoms with Crippen LogP contribution in [0.1, 0.15) is 5.56 Å². The summed E-state index contributed by atoms with van der Waals surface area (Å²) >= 11 is 5.86. The maximum absolute atomic E-state index is 13.3. The van der Waals surface area contributed by atoms with Gasteiger partial charge in [-0.25, -0.2) is 12.8 Å². The summed E-state index contributed by atoms with van der Waals surface area (Å²) in [6, 6.07) is 8.11. The van der Waals surface area contributed by atoms with Gasteiger partial charge in [-0.1, -0.05) is 17.7 Å². The van der Waals surface area contributed by atoms with Crippen LogP contribution in [0.2, 0.25) is 5.02 Å². The topological polar surface area (TPSA) is 55.4 Å².